The molecular formula is C21H26N6O2S. The zero-order valence-corrected chi connectivity index (χ0v) is 17.9. The molecule has 2 aromatic heterocycles. The van der Waals surface area contributed by atoms with Crippen LogP contribution in [-0.4, -0.2) is 35.4 Å². The highest BCUT2D eigenvalue weighted by atomic mass is 32.1. The number of carbonyl (C=O) groups excluding carboxylic acids is 2. The third-order valence-corrected chi connectivity index (χ3v) is 6.23. The maximum atomic E-state index is 12.6. The maximum Gasteiger partial charge on any atom is 0.242 e. The smallest absolute Gasteiger partial charge is 0.242 e. The summed E-state index contributed by atoms with van der Waals surface area (Å²) < 4.78 is 0. The van der Waals surface area contributed by atoms with Crippen LogP contribution in [0, 0.1) is 24.2 Å². The molecule has 5 N–H and O–H groups in total. The third-order valence-electron chi connectivity index (χ3n) is 5.22. The summed E-state index contributed by atoms with van der Waals surface area (Å²) in [6, 6.07) is 8.52. The van der Waals surface area contributed by atoms with Crippen molar-refractivity contribution in [2.45, 2.75) is 45.3 Å². The van der Waals surface area contributed by atoms with E-state index in [1.54, 1.807) is 13.0 Å². The zero-order valence-electron chi connectivity index (χ0n) is 17.1. The number of nitrogens with two attached hydrogens (primary N) is 1. The van der Waals surface area contributed by atoms with Gasteiger partial charge in [0.1, 0.15) is 22.8 Å². The minimum Gasteiger partial charge on any atom is -0.384 e. The van der Waals surface area contributed by atoms with Crippen LogP contribution in [0.25, 0.3) is 0 Å². The Morgan fingerprint density at radius 2 is 2.20 bits per heavy atom. The van der Waals surface area contributed by atoms with Gasteiger partial charge in [-0.25, -0.2) is 4.98 Å². The standard InChI is InChI=1S/C21H26N6O2S/c1-12-15(3-6-19(23)26-12)11-25-20(28)13(2)27-21(29)18-8-14(10-24-18)7-16-4-5-17(9-22)30-16/h3-6,13-14,18,24H,7-8,10-11H2,1-2H3,(H2,23,26)(H,25,28)(H,27,29)/t13-,14-,18+/m0/s1. The molecule has 1 fully saturated rings. The van der Waals surface area contributed by atoms with Gasteiger partial charge in [0.25, 0.3) is 0 Å². The monoisotopic (exact) mass is 426 g/mol. The van der Waals surface area contributed by atoms with E-state index in [9.17, 15) is 9.59 Å². The van der Waals surface area contributed by atoms with Gasteiger partial charge >= 0.3 is 0 Å². The molecule has 1 saturated heterocycles. The summed E-state index contributed by atoms with van der Waals surface area (Å²) in [5.41, 5.74) is 7.29. The molecule has 1 aliphatic heterocycles. The molecule has 0 saturated carbocycles. The van der Waals surface area contributed by atoms with Crippen molar-refractivity contribution < 1.29 is 9.59 Å². The predicted molar refractivity (Wildman–Crippen MR) is 115 cm³/mol. The van der Waals surface area contributed by atoms with Gasteiger partial charge in [-0.15, -0.1) is 11.3 Å². The van der Waals surface area contributed by atoms with Crippen LogP contribution in [-0.2, 0) is 22.6 Å². The quantitative estimate of drug-likeness (QED) is 0.527. The van der Waals surface area contributed by atoms with Gasteiger partial charge in [0.15, 0.2) is 0 Å². The van der Waals surface area contributed by atoms with Crippen LogP contribution < -0.4 is 21.7 Å². The number of rotatable bonds is 7. The highest BCUT2D eigenvalue weighted by molar-refractivity contribution is 7.12. The second kappa shape index (κ2) is 9.69. The average molecular weight is 427 g/mol. The number of anilines is 1. The molecule has 1 aliphatic rings. The summed E-state index contributed by atoms with van der Waals surface area (Å²) in [6.45, 7) is 4.57. The van der Waals surface area contributed by atoms with Crippen LogP contribution >= 0.6 is 11.3 Å². The number of nitrogens with zero attached hydrogens (tertiary/aromatic N) is 2. The Kier molecular flexibility index (Phi) is 7.03. The number of nitriles is 1. The first-order chi connectivity index (χ1) is 14.4. The topological polar surface area (TPSA) is 133 Å². The van der Waals surface area contributed by atoms with E-state index >= 15 is 0 Å². The Labute approximate surface area is 179 Å². The molecule has 3 rings (SSSR count). The van der Waals surface area contributed by atoms with Crippen LogP contribution in [0.3, 0.4) is 0 Å². The Morgan fingerprint density at radius 3 is 2.90 bits per heavy atom. The number of aryl methyl sites for hydroxylation is 1. The fourth-order valence-corrected chi connectivity index (χ4v) is 4.43. The maximum absolute atomic E-state index is 12.6. The SMILES string of the molecule is Cc1nc(N)ccc1CNC(=O)[C@H](C)NC(=O)[C@H]1C[C@H](Cc2ccc(C#N)s2)CN1. The fourth-order valence-electron chi connectivity index (χ4n) is 3.51. The molecule has 8 nitrogen and oxygen atoms in total. The van der Waals surface area contributed by atoms with Gasteiger partial charge in [-0.05, 0) is 62.9 Å². The normalized spacial score (nSPS) is 19.1. The Hall–Kier alpha value is -2.96. The van der Waals surface area contributed by atoms with Crippen LogP contribution in [0.4, 0.5) is 5.82 Å². The van der Waals surface area contributed by atoms with Crippen molar-refractivity contribution in [2.75, 3.05) is 12.3 Å². The Morgan fingerprint density at radius 1 is 1.40 bits per heavy atom. The van der Waals surface area contributed by atoms with Crippen LogP contribution in [0.15, 0.2) is 24.3 Å². The fraction of sp³-hybridized carbons (Fsp3) is 0.429. The molecule has 2 amide bonds. The number of hydrogen-bond donors (Lipinski definition) is 4. The molecule has 158 valence electrons. The van der Waals surface area contributed by atoms with Crippen LogP contribution in [0.1, 0.15) is 34.4 Å². The van der Waals surface area contributed by atoms with E-state index in [4.69, 9.17) is 11.0 Å². The van der Waals surface area contributed by atoms with E-state index in [2.05, 4.69) is 27.0 Å². The van der Waals surface area contributed by atoms with Gasteiger partial charge in [0.2, 0.25) is 11.8 Å². The van der Waals surface area contributed by atoms with Gasteiger partial charge in [-0.1, -0.05) is 6.07 Å². The van der Waals surface area contributed by atoms with Gasteiger partial charge < -0.3 is 21.7 Å². The lowest BCUT2D eigenvalue weighted by atomic mass is 10.0. The summed E-state index contributed by atoms with van der Waals surface area (Å²) in [7, 11) is 0. The van der Waals surface area contributed by atoms with E-state index in [0.29, 0.717) is 29.6 Å². The number of amides is 2. The summed E-state index contributed by atoms with van der Waals surface area (Å²) in [5, 5.41) is 17.8. The molecular weight excluding hydrogens is 400 g/mol. The van der Waals surface area contributed by atoms with E-state index < -0.39 is 6.04 Å². The van der Waals surface area contributed by atoms with Crippen LogP contribution in [0.2, 0.25) is 0 Å². The van der Waals surface area contributed by atoms with Gasteiger partial charge in [-0.2, -0.15) is 5.26 Å². The lowest BCUT2D eigenvalue weighted by Gasteiger charge is -2.17. The third kappa shape index (κ3) is 5.55. The summed E-state index contributed by atoms with van der Waals surface area (Å²) in [5.74, 6) is 0.345. The second-order valence-corrected chi connectivity index (χ2v) is 8.74. The molecule has 0 bridgehead atoms. The van der Waals surface area contributed by atoms with E-state index in [1.807, 2.05) is 25.1 Å². The number of aromatic nitrogens is 1. The van der Waals surface area contributed by atoms with Crippen molar-refractivity contribution in [3.8, 4) is 6.07 Å². The number of thiophene rings is 1. The van der Waals surface area contributed by atoms with Gasteiger partial charge in [0, 0.05) is 17.1 Å². The predicted octanol–water partition coefficient (Wildman–Crippen LogP) is 1.25. The van der Waals surface area contributed by atoms with Crippen molar-refractivity contribution in [3.05, 3.63) is 45.3 Å². The highest BCUT2D eigenvalue weighted by Crippen LogP contribution is 2.24. The minimum atomic E-state index is -0.643. The second-order valence-electron chi connectivity index (χ2n) is 7.57. The molecule has 9 heteroatoms. The summed E-state index contributed by atoms with van der Waals surface area (Å²) in [6.07, 6.45) is 1.55. The van der Waals surface area contributed by atoms with E-state index in [0.717, 1.165) is 29.1 Å². The number of carbonyl (C=O) groups is 2. The molecule has 2 aromatic rings. The molecule has 0 spiro atoms. The Balaban J connectivity index is 1.44. The molecule has 3 atom stereocenters. The van der Waals surface area contributed by atoms with E-state index in [-0.39, 0.29) is 17.9 Å². The van der Waals surface area contributed by atoms with Gasteiger partial charge in [0.05, 0.1) is 6.04 Å². The Bertz CT molecular complexity index is 967. The van der Waals surface area contributed by atoms with Gasteiger partial charge in [-0.3, -0.25) is 9.59 Å². The summed E-state index contributed by atoms with van der Waals surface area (Å²) in [4.78, 5) is 31.0. The summed E-state index contributed by atoms with van der Waals surface area (Å²) >= 11 is 1.50. The van der Waals surface area contributed by atoms with Crippen molar-refractivity contribution in [2.24, 2.45) is 5.92 Å². The first-order valence-electron chi connectivity index (χ1n) is 9.88. The van der Waals surface area contributed by atoms with Crippen molar-refractivity contribution >= 4 is 29.0 Å². The number of nitrogens with one attached hydrogen (secondary N) is 3. The lowest BCUT2D eigenvalue weighted by molar-refractivity contribution is -0.129. The largest absolute Gasteiger partial charge is 0.384 e. The lowest BCUT2D eigenvalue weighted by Crippen LogP contribution is -2.50. The molecule has 0 unspecified atom stereocenters. The molecule has 0 aromatic carbocycles. The molecule has 30 heavy (non-hydrogen) atoms. The first kappa shape index (κ1) is 21.7. The van der Waals surface area contributed by atoms with E-state index in [1.165, 1.54) is 11.3 Å². The number of pyridine rings is 1. The minimum absolute atomic E-state index is 0.172. The molecule has 3 heterocycles. The average Bonchev–Trinajstić information content (AvgIpc) is 3.36. The zero-order chi connectivity index (χ0) is 21.7. The molecule has 0 radical (unpaired) electrons. The van der Waals surface area contributed by atoms with Crippen molar-refractivity contribution in [1.82, 2.24) is 20.9 Å². The molecule has 0 aliphatic carbocycles. The van der Waals surface area contributed by atoms with Crippen molar-refractivity contribution in [1.29, 1.82) is 5.26 Å². The number of nitrogen functional groups attached to an aromatic ring is 1. The van der Waals surface area contributed by atoms with Crippen LogP contribution in [0.5, 0.6) is 0 Å². The highest BCUT2D eigenvalue weighted by Gasteiger charge is 2.31. The first-order valence-corrected chi connectivity index (χ1v) is 10.7. The van der Waals surface area contributed by atoms with Crippen molar-refractivity contribution in [3.63, 3.8) is 0 Å². The number of hydrogen-bond acceptors (Lipinski definition) is 7.